The van der Waals surface area contributed by atoms with E-state index in [1.54, 1.807) is 17.0 Å². The van der Waals surface area contributed by atoms with E-state index < -0.39 is 23.5 Å². The van der Waals surface area contributed by atoms with Gasteiger partial charge in [-0.25, -0.2) is 4.39 Å². The molecule has 10 heteroatoms. The van der Waals surface area contributed by atoms with Crippen LogP contribution in [-0.2, 0) is 28.8 Å². The maximum absolute atomic E-state index is 13.5. The highest BCUT2D eigenvalue weighted by molar-refractivity contribution is 7.09. The molecule has 3 aromatic rings. The molecule has 196 valence electrons. The minimum Gasteiger partial charge on any atom is -0.376 e. The summed E-state index contributed by atoms with van der Waals surface area (Å²) in [6, 6.07) is 13.7. The third-order valence-electron chi connectivity index (χ3n) is 6.06. The van der Waals surface area contributed by atoms with Crippen molar-refractivity contribution in [2.75, 3.05) is 19.7 Å². The van der Waals surface area contributed by atoms with Crippen LogP contribution in [0.2, 0.25) is 0 Å². The van der Waals surface area contributed by atoms with Gasteiger partial charge in [-0.2, -0.15) is 13.2 Å². The fraction of sp³-hybridized carbons (Fsp3) is 0.333. The van der Waals surface area contributed by atoms with Crippen molar-refractivity contribution in [2.45, 2.75) is 38.2 Å². The third kappa shape index (κ3) is 7.39. The second-order valence-electron chi connectivity index (χ2n) is 8.85. The summed E-state index contributed by atoms with van der Waals surface area (Å²) in [5, 5.41) is 1.89. The Bertz CT molecular complexity index is 1190. The molecule has 0 radical (unpaired) electrons. The second kappa shape index (κ2) is 11.9. The number of amides is 2. The first-order chi connectivity index (χ1) is 17.7. The van der Waals surface area contributed by atoms with Crippen LogP contribution < -0.4 is 0 Å². The van der Waals surface area contributed by atoms with Gasteiger partial charge >= 0.3 is 6.18 Å². The van der Waals surface area contributed by atoms with Crippen LogP contribution in [0.1, 0.15) is 39.2 Å². The summed E-state index contributed by atoms with van der Waals surface area (Å²) in [5.74, 6) is -1.45. The van der Waals surface area contributed by atoms with Crippen molar-refractivity contribution in [3.63, 3.8) is 0 Å². The Morgan fingerprint density at radius 2 is 1.78 bits per heavy atom. The summed E-state index contributed by atoms with van der Waals surface area (Å²) in [6.45, 7) is 0.743. The van der Waals surface area contributed by atoms with Crippen molar-refractivity contribution in [1.82, 2.24) is 9.80 Å². The molecule has 1 aliphatic rings. The Hall–Kier alpha value is -3.24. The van der Waals surface area contributed by atoms with Crippen molar-refractivity contribution in [3.05, 3.63) is 93.4 Å². The first-order valence-corrected chi connectivity index (χ1v) is 12.7. The molecule has 1 fully saturated rings. The lowest BCUT2D eigenvalue weighted by Crippen LogP contribution is -2.45. The van der Waals surface area contributed by atoms with Gasteiger partial charge in [0.25, 0.3) is 5.91 Å². The fourth-order valence-electron chi connectivity index (χ4n) is 4.16. The standard InChI is InChI=1S/C27H26F4N2O3S/c28-22-10-8-19(9-11-22)15-32(17-24-7-3-13-37-24)25(34)18-33(16-23-6-2-12-36-23)26(35)20-4-1-5-21(14-20)27(29,30)31/h1,3-5,7-11,13-14,23H,2,6,12,15-18H2/t23-/m1/s1. The molecule has 2 amide bonds. The van der Waals surface area contributed by atoms with E-state index >= 15 is 0 Å². The monoisotopic (exact) mass is 534 g/mol. The molecule has 0 saturated carbocycles. The van der Waals surface area contributed by atoms with Gasteiger partial charge in [0.15, 0.2) is 0 Å². The number of hydrogen-bond acceptors (Lipinski definition) is 4. The summed E-state index contributed by atoms with van der Waals surface area (Å²) in [4.78, 5) is 30.6. The number of thiophene rings is 1. The Morgan fingerprint density at radius 1 is 1.00 bits per heavy atom. The molecule has 2 aromatic carbocycles. The van der Waals surface area contributed by atoms with Crippen LogP contribution in [0.15, 0.2) is 66.0 Å². The lowest BCUT2D eigenvalue weighted by molar-refractivity contribution is -0.137. The van der Waals surface area contributed by atoms with E-state index in [1.807, 2.05) is 17.5 Å². The normalized spacial score (nSPS) is 15.5. The summed E-state index contributed by atoms with van der Waals surface area (Å²) in [6.07, 6.45) is -3.41. The average Bonchev–Trinajstić information content (AvgIpc) is 3.58. The number of ether oxygens (including phenoxy) is 1. The Morgan fingerprint density at radius 3 is 2.43 bits per heavy atom. The molecule has 1 saturated heterocycles. The highest BCUT2D eigenvalue weighted by atomic mass is 32.1. The van der Waals surface area contributed by atoms with E-state index in [0.29, 0.717) is 18.6 Å². The molecule has 0 N–H and O–H groups in total. The van der Waals surface area contributed by atoms with Crippen molar-refractivity contribution in [3.8, 4) is 0 Å². The van der Waals surface area contributed by atoms with E-state index in [1.165, 1.54) is 40.5 Å². The lowest BCUT2D eigenvalue weighted by Gasteiger charge is -2.29. The molecule has 0 bridgehead atoms. The third-order valence-corrected chi connectivity index (χ3v) is 6.93. The fourth-order valence-corrected chi connectivity index (χ4v) is 4.88. The van der Waals surface area contributed by atoms with Crippen LogP contribution in [0, 0.1) is 5.82 Å². The molecule has 37 heavy (non-hydrogen) atoms. The second-order valence-corrected chi connectivity index (χ2v) is 9.89. The molecule has 0 unspecified atom stereocenters. The van der Waals surface area contributed by atoms with Crippen LogP contribution >= 0.6 is 11.3 Å². The Labute approximate surface area is 216 Å². The van der Waals surface area contributed by atoms with Crippen molar-refractivity contribution in [2.24, 2.45) is 0 Å². The van der Waals surface area contributed by atoms with Crippen LogP contribution in [0.5, 0.6) is 0 Å². The zero-order valence-electron chi connectivity index (χ0n) is 19.9. The van der Waals surface area contributed by atoms with E-state index in [0.717, 1.165) is 23.4 Å². The number of halogens is 4. The molecule has 5 nitrogen and oxygen atoms in total. The van der Waals surface area contributed by atoms with E-state index in [2.05, 4.69) is 0 Å². The summed E-state index contributed by atoms with van der Waals surface area (Å²) in [7, 11) is 0. The van der Waals surface area contributed by atoms with Gasteiger partial charge < -0.3 is 14.5 Å². The smallest absolute Gasteiger partial charge is 0.376 e. The SMILES string of the molecule is O=C(CN(C[C@H]1CCCO1)C(=O)c1cccc(C(F)(F)F)c1)N(Cc1ccc(F)cc1)Cc1cccs1. The van der Waals surface area contributed by atoms with Crippen molar-refractivity contribution < 1.29 is 31.9 Å². The van der Waals surface area contributed by atoms with Gasteiger partial charge in [0, 0.05) is 30.1 Å². The van der Waals surface area contributed by atoms with E-state index in [-0.39, 0.29) is 43.8 Å². The Kier molecular flexibility index (Phi) is 8.60. The predicted octanol–water partition coefficient (Wildman–Crippen LogP) is 5.76. The van der Waals surface area contributed by atoms with Gasteiger partial charge in [-0.15, -0.1) is 11.3 Å². The summed E-state index contributed by atoms with van der Waals surface area (Å²) < 4.78 is 58.8. The van der Waals surface area contributed by atoms with Gasteiger partial charge in [-0.3, -0.25) is 9.59 Å². The molecule has 2 heterocycles. The van der Waals surface area contributed by atoms with Gasteiger partial charge in [-0.1, -0.05) is 24.3 Å². The van der Waals surface area contributed by atoms with Crippen molar-refractivity contribution in [1.29, 1.82) is 0 Å². The van der Waals surface area contributed by atoms with Crippen LogP contribution in [0.4, 0.5) is 17.6 Å². The zero-order valence-corrected chi connectivity index (χ0v) is 20.7. The minimum atomic E-state index is -4.60. The molecular weight excluding hydrogens is 508 g/mol. The molecule has 1 aliphatic heterocycles. The zero-order chi connectivity index (χ0) is 26.4. The van der Waals surface area contributed by atoms with E-state index in [4.69, 9.17) is 4.74 Å². The molecule has 0 aliphatic carbocycles. The highest BCUT2D eigenvalue weighted by Gasteiger charge is 2.32. The van der Waals surface area contributed by atoms with E-state index in [9.17, 15) is 27.2 Å². The van der Waals surface area contributed by atoms with Gasteiger partial charge in [-0.05, 0) is 60.2 Å². The molecular formula is C27H26F4N2O3S. The van der Waals surface area contributed by atoms with Crippen LogP contribution in [0.25, 0.3) is 0 Å². The van der Waals surface area contributed by atoms with Crippen LogP contribution in [0.3, 0.4) is 0 Å². The van der Waals surface area contributed by atoms with Crippen LogP contribution in [-0.4, -0.2) is 47.4 Å². The maximum Gasteiger partial charge on any atom is 0.416 e. The number of nitrogens with zero attached hydrogens (tertiary/aromatic N) is 2. The van der Waals surface area contributed by atoms with Gasteiger partial charge in [0.1, 0.15) is 12.4 Å². The first-order valence-electron chi connectivity index (χ1n) is 11.8. The number of carbonyl (C=O) groups is 2. The Balaban J connectivity index is 1.57. The topological polar surface area (TPSA) is 49.9 Å². The number of carbonyl (C=O) groups excluding carboxylic acids is 2. The highest BCUT2D eigenvalue weighted by Crippen LogP contribution is 2.30. The molecule has 1 atom stereocenters. The molecule has 0 spiro atoms. The lowest BCUT2D eigenvalue weighted by atomic mass is 10.1. The summed E-state index contributed by atoms with van der Waals surface area (Å²) >= 11 is 1.47. The maximum atomic E-state index is 13.5. The largest absolute Gasteiger partial charge is 0.416 e. The number of benzene rings is 2. The number of rotatable bonds is 9. The molecule has 1 aromatic heterocycles. The summed E-state index contributed by atoms with van der Waals surface area (Å²) in [5.41, 5.74) is -0.373. The average molecular weight is 535 g/mol. The quantitative estimate of drug-likeness (QED) is 0.328. The van der Waals surface area contributed by atoms with Gasteiger partial charge in [0.2, 0.25) is 5.91 Å². The number of alkyl halides is 3. The van der Waals surface area contributed by atoms with Gasteiger partial charge in [0.05, 0.1) is 18.2 Å². The minimum absolute atomic E-state index is 0.0875. The predicted molar refractivity (Wildman–Crippen MR) is 131 cm³/mol. The number of hydrogen-bond donors (Lipinski definition) is 0. The first kappa shape index (κ1) is 26.8. The molecule has 4 rings (SSSR count). The van der Waals surface area contributed by atoms with Crippen molar-refractivity contribution >= 4 is 23.2 Å².